The zero-order chi connectivity index (χ0) is 30.8. The Labute approximate surface area is 251 Å². The number of benzene rings is 2. The first-order valence-electron chi connectivity index (χ1n) is 13.4. The van der Waals surface area contributed by atoms with E-state index in [0.717, 1.165) is 11.3 Å². The molecule has 3 heterocycles. The van der Waals surface area contributed by atoms with E-state index in [9.17, 15) is 14.4 Å². The molecule has 0 saturated carbocycles. The van der Waals surface area contributed by atoms with Gasteiger partial charge in [0.25, 0.3) is 5.56 Å². The number of ether oxygens (including phenoxy) is 4. The maximum absolute atomic E-state index is 14.0. The van der Waals surface area contributed by atoms with Crippen LogP contribution in [0.2, 0.25) is 0 Å². The minimum Gasteiger partial charge on any atom is -0.497 e. The van der Waals surface area contributed by atoms with Crippen LogP contribution in [0.3, 0.4) is 0 Å². The predicted octanol–water partition coefficient (Wildman–Crippen LogP) is 4.25. The molecule has 1 aliphatic rings. The van der Waals surface area contributed by atoms with E-state index in [1.54, 1.807) is 81.4 Å². The lowest BCUT2D eigenvalue weighted by molar-refractivity contribution is -0.143. The molecular weight excluding hydrogens is 572 g/mol. The monoisotopic (exact) mass is 602 g/mol. The fourth-order valence-electron chi connectivity index (χ4n) is 4.90. The molecular formula is C32H30N2O8S. The molecule has 0 fully saturated rings. The maximum atomic E-state index is 14.0. The number of esters is 2. The number of aromatic nitrogens is 1. The Morgan fingerprint density at radius 1 is 1.02 bits per heavy atom. The molecule has 0 radical (unpaired) electrons. The van der Waals surface area contributed by atoms with Gasteiger partial charge in [-0.2, -0.15) is 0 Å². The molecule has 11 heteroatoms. The third-order valence-corrected chi connectivity index (χ3v) is 7.80. The summed E-state index contributed by atoms with van der Waals surface area (Å²) in [6.45, 7) is 5.22. The second-order valence-electron chi connectivity index (χ2n) is 9.88. The first kappa shape index (κ1) is 29.6. The third kappa shape index (κ3) is 5.63. The zero-order valence-electron chi connectivity index (χ0n) is 24.5. The largest absolute Gasteiger partial charge is 0.497 e. The van der Waals surface area contributed by atoms with Crippen molar-refractivity contribution in [3.05, 3.63) is 102 Å². The van der Waals surface area contributed by atoms with Crippen molar-refractivity contribution in [1.29, 1.82) is 0 Å². The number of furan rings is 1. The van der Waals surface area contributed by atoms with Gasteiger partial charge in [-0.05, 0) is 57.2 Å². The number of thiazole rings is 1. The highest BCUT2D eigenvalue weighted by Gasteiger charge is 2.36. The van der Waals surface area contributed by atoms with Gasteiger partial charge < -0.3 is 23.4 Å². The smallest absolute Gasteiger partial charge is 0.338 e. The minimum absolute atomic E-state index is 0.221. The van der Waals surface area contributed by atoms with Crippen LogP contribution < -0.4 is 24.4 Å². The van der Waals surface area contributed by atoms with Crippen molar-refractivity contribution in [3.63, 3.8) is 0 Å². The summed E-state index contributed by atoms with van der Waals surface area (Å²) in [6, 6.07) is 14.7. The highest BCUT2D eigenvalue weighted by Crippen LogP contribution is 2.38. The molecule has 5 rings (SSSR count). The molecule has 2 aromatic carbocycles. The van der Waals surface area contributed by atoms with Gasteiger partial charge in [0, 0.05) is 17.2 Å². The lowest BCUT2D eigenvalue weighted by atomic mass is 9.94. The Kier molecular flexibility index (Phi) is 8.36. The quantitative estimate of drug-likeness (QED) is 0.275. The topological polar surface area (TPSA) is 119 Å². The second kappa shape index (κ2) is 12.1. The number of fused-ring (bicyclic) bond motifs is 1. The van der Waals surface area contributed by atoms with E-state index in [2.05, 4.69) is 4.99 Å². The molecule has 4 aromatic rings. The van der Waals surface area contributed by atoms with Crippen LogP contribution in [0, 0.1) is 0 Å². The summed E-state index contributed by atoms with van der Waals surface area (Å²) in [5.74, 6) is 0.751. The van der Waals surface area contributed by atoms with Crippen molar-refractivity contribution < 1.29 is 33.0 Å². The standard InChI is InChI=1S/C32H30N2O8S/c1-17(2)41-31(37)27-18(3)33-32-34(28(27)23-15-19(38-4)11-13-24(23)39-5)29(35)26(43-32)16-20-12-14-25(42-20)21-9-7-8-10-22(21)30(36)40-6/h7-17,28H,1-6H3/b26-16-/t28-/m1/s1. The van der Waals surface area contributed by atoms with Gasteiger partial charge in [-0.1, -0.05) is 29.5 Å². The van der Waals surface area contributed by atoms with Crippen LogP contribution in [0.15, 0.2) is 80.1 Å². The zero-order valence-corrected chi connectivity index (χ0v) is 25.3. The van der Waals surface area contributed by atoms with Crippen molar-refractivity contribution in [3.8, 4) is 22.8 Å². The van der Waals surface area contributed by atoms with Gasteiger partial charge in [-0.3, -0.25) is 9.36 Å². The molecule has 1 aliphatic heterocycles. The third-order valence-electron chi connectivity index (χ3n) is 6.81. The van der Waals surface area contributed by atoms with Gasteiger partial charge in [-0.15, -0.1) is 0 Å². The van der Waals surface area contributed by atoms with Crippen LogP contribution in [0.1, 0.15) is 48.5 Å². The van der Waals surface area contributed by atoms with Crippen LogP contribution in [0.4, 0.5) is 0 Å². The van der Waals surface area contributed by atoms with E-state index in [1.807, 2.05) is 0 Å². The average molecular weight is 603 g/mol. The van der Waals surface area contributed by atoms with Gasteiger partial charge >= 0.3 is 11.9 Å². The lowest BCUT2D eigenvalue weighted by Crippen LogP contribution is -2.40. The van der Waals surface area contributed by atoms with Gasteiger partial charge in [0.15, 0.2) is 4.80 Å². The van der Waals surface area contributed by atoms with Crippen molar-refractivity contribution in [2.75, 3.05) is 21.3 Å². The van der Waals surface area contributed by atoms with E-state index >= 15 is 0 Å². The first-order chi connectivity index (χ1) is 20.7. The predicted molar refractivity (Wildman–Crippen MR) is 160 cm³/mol. The molecule has 0 bridgehead atoms. The Morgan fingerprint density at radius 3 is 2.49 bits per heavy atom. The van der Waals surface area contributed by atoms with E-state index in [4.69, 9.17) is 23.4 Å². The molecule has 43 heavy (non-hydrogen) atoms. The molecule has 0 aliphatic carbocycles. The maximum Gasteiger partial charge on any atom is 0.338 e. The minimum atomic E-state index is -0.895. The lowest BCUT2D eigenvalue weighted by Gasteiger charge is -2.26. The second-order valence-corrected chi connectivity index (χ2v) is 10.9. The number of hydrogen-bond donors (Lipinski definition) is 0. The fraction of sp³-hybridized carbons (Fsp3) is 0.250. The van der Waals surface area contributed by atoms with Crippen LogP contribution >= 0.6 is 11.3 Å². The molecule has 0 N–H and O–H groups in total. The Hall–Kier alpha value is -4.90. The van der Waals surface area contributed by atoms with Crippen molar-refractivity contribution in [1.82, 2.24) is 4.57 Å². The van der Waals surface area contributed by atoms with Crippen molar-refractivity contribution in [2.24, 2.45) is 4.99 Å². The number of carbonyl (C=O) groups excluding carboxylic acids is 2. The SMILES string of the molecule is COC(=O)c1ccccc1-c1ccc(/C=c2\sc3n(c2=O)[C@H](c2cc(OC)ccc2OC)C(C(=O)OC(C)C)=C(C)N=3)o1. The molecule has 1 atom stereocenters. The average Bonchev–Trinajstić information content (AvgIpc) is 3.59. The number of methoxy groups -OCH3 is 3. The summed E-state index contributed by atoms with van der Waals surface area (Å²) in [6.07, 6.45) is 1.22. The molecule has 0 spiro atoms. The van der Waals surface area contributed by atoms with Crippen LogP contribution in [-0.2, 0) is 14.3 Å². The van der Waals surface area contributed by atoms with Gasteiger partial charge in [-0.25, -0.2) is 14.6 Å². The number of hydrogen-bond acceptors (Lipinski definition) is 10. The van der Waals surface area contributed by atoms with E-state index in [1.165, 1.54) is 25.9 Å². The number of allylic oxidation sites excluding steroid dienone is 1. The van der Waals surface area contributed by atoms with Gasteiger partial charge in [0.2, 0.25) is 0 Å². The Balaban J connectivity index is 1.67. The molecule has 0 saturated heterocycles. The van der Waals surface area contributed by atoms with E-state index in [0.29, 0.717) is 54.7 Å². The van der Waals surface area contributed by atoms with Gasteiger partial charge in [0.1, 0.15) is 29.1 Å². The summed E-state index contributed by atoms with van der Waals surface area (Å²) >= 11 is 1.16. The summed E-state index contributed by atoms with van der Waals surface area (Å²) in [5, 5.41) is 0. The Morgan fingerprint density at radius 2 is 1.79 bits per heavy atom. The number of rotatable bonds is 8. The van der Waals surface area contributed by atoms with Gasteiger partial charge in [0.05, 0.1) is 48.8 Å². The summed E-state index contributed by atoms with van der Waals surface area (Å²) in [7, 11) is 4.37. The summed E-state index contributed by atoms with van der Waals surface area (Å²) in [4.78, 5) is 44.8. The van der Waals surface area contributed by atoms with Crippen molar-refractivity contribution >= 4 is 29.4 Å². The highest BCUT2D eigenvalue weighted by molar-refractivity contribution is 7.07. The number of carbonyl (C=O) groups is 2. The van der Waals surface area contributed by atoms with Crippen LogP contribution in [-0.4, -0.2) is 43.9 Å². The molecule has 0 amide bonds. The highest BCUT2D eigenvalue weighted by atomic mass is 32.1. The number of nitrogens with zero attached hydrogens (tertiary/aromatic N) is 2. The summed E-state index contributed by atoms with van der Waals surface area (Å²) in [5.41, 5.74) is 1.72. The molecule has 222 valence electrons. The van der Waals surface area contributed by atoms with Crippen LogP contribution in [0.25, 0.3) is 17.4 Å². The van der Waals surface area contributed by atoms with E-state index < -0.39 is 18.0 Å². The molecule has 2 aromatic heterocycles. The Bertz CT molecular complexity index is 1930. The van der Waals surface area contributed by atoms with Crippen molar-refractivity contribution in [2.45, 2.75) is 32.9 Å². The summed E-state index contributed by atoms with van der Waals surface area (Å²) < 4.78 is 29.4. The normalized spacial score (nSPS) is 14.8. The van der Waals surface area contributed by atoms with Crippen LogP contribution in [0.5, 0.6) is 11.5 Å². The molecule has 0 unspecified atom stereocenters. The molecule has 10 nitrogen and oxygen atoms in total. The fourth-order valence-corrected chi connectivity index (χ4v) is 5.92. The van der Waals surface area contributed by atoms with E-state index in [-0.39, 0.29) is 17.2 Å². The first-order valence-corrected chi connectivity index (χ1v) is 14.2.